The maximum Gasteiger partial charge on any atom is 0.472 e. The van der Waals surface area contributed by atoms with E-state index in [2.05, 4.69) is 160 Å². The Hall–Kier alpha value is -4.11. The van der Waals surface area contributed by atoms with Crippen molar-refractivity contribution in [3.05, 3.63) is 146 Å². The predicted octanol–water partition coefficient (Wildman–Crippen LogP) is 21.8. The Morgan fingerprint density at radius 3 is 0.952 bits per heavy atom. The fourth-order valence-corrected chi connectivity index (χ4v) is 9.53. The lowest BCUT2D eigenvalue weighted by Crippen LogP contribution is -2.37. The number of hydrogen-bond acceptors (Lipinski definition) is 7. The second-order valence-electron chi connectivity index (χ2n) is 23.1. The molecule has 0 heterocycles. The lowest BCUT2D eigenvalue weighted by molar-refractivity contribution is -0.870. The van der Waals surface area contributed by atoms with E-state index < -0.39 is 26.5 Å². The Kier molecular flexibility index (Phi) is 60.3. The monoisotopic (exact) mass is 1190 g/mol. The van der Waals surface area contributed by atoms with Crippen molar-refractivity contribution in [2.45, 2.75) is 264 Å². The van der Waals surface area contributed by atoms with E-state index in [1.807, 2.05) is 21.1 Å². The fraction of sp³-hybridized carbons (Fsp3) is 0.649. The van der Waals surface area contributed by atoms with Crippen LogP contribution in [0.2, 0.25) is 0 Å². The van der Waals surface area contributed by atoms with Crippen molar-refractivity contribution in [3.8, 4) is 0 Å². The summed E-state index contributed by atoms with van der Waals surface area (Å²) in [4.78, 5) is 35.8. The van der Waals surface area contributed by atoms with Gasteiger partial charge in [-0.15, -0.1) is 0 Å². The van der Waals surface area contributed by atoms with Gasteiger partial charge in [-0.2, -0.15) is 0 Å². The number of unbranched alkanes of at least 4 members (excludes halogenated alkanes) is 22. The van der Waals surface area contributed by atoms with E-state index in [1.54, 1.807) is 0 Å². The number of likely N-dealkylation sites (N-methyl/N-ethyl adjacent to an activating group) is 1. The molecule has 0 rings (SSSR count). The normalized spacial score (nSPS) is 14.1. The number of nitrogens with zero attached hydrogens (tertiary/aromatic N) is 1. The second kappa shape index (κ2) is 63.4. The van der Waals surface area contributed by atoms with E-state index in [-0.39, 0.29) is 32.0 Å². The molecule has 0 aliphatic heterocycles. The van der Waals surface area contributed by atoms with Gasteiger partial charge in [0, 0.05) is 12.8 Å². The molecular weight excluding hydrogens is 1060 g/mol. The number of carbonyl (C=O) groups is 2. The van der Waals surface area contributed by atoms with Gasteiger partial charge in [-0.3, -0.25) is 18.6 Å². The van der Waals surface area contributed by atoms with Crippen molar-refractivity contribution >= 4 is 19.8 Å². The van der Waals surface area contributed by atoms with Gasteiger partial charge in [0.15, 0.2) is 6.10 Å². The molecule has 0 saturated heterocycles. The number of phosphoric acid groups is 1. The van der Waals surface area contributed by atoms with E-state index in [9.17, 15) is 19.0 Å². The van der Waals surface area contributed by atoms with E-state index in [4.69, 9.17) is 18.5 Å². The third-order valence-electron chi connectivity index (χ3n) is 13.9. The van der Waals surface area contributed by atoms with Crippen LogP contribution in [-0.4, -0.2) is 74.9 Å². The molecule has 0 aliphatic carbocycles. The van der Waals surface area contributed by atoms with E-state index in [0.717, 1.165) is 128 Å². The highest BCUT2D eigenvalue weighted by molar-refractivity contribution is 7.47. The lowest BCUT2D eigenvalue weighted by atomic mass is 10.0. The van der Waals surface area contributed by atoms with Crippen molar-refractivity contribution in [1.82, 2.24) is 0 Å². The molecule has 0 saturated carbocycles. The minimum Gasteiger partial charge on any atom is -0.462 e. The number of ether oxygens (including phenoxy) is 2. The van der Waals surface area contributed by atoms with Gasteiger partial charge in [0.2, 0.25) is 0 Å². The molecule has 0 bridgehead atoms. The molecule has 0 aromatic rings. The van der Waals surface area contributed by atoms with Gasteiger partial charge in [0.25, 0.3) is 0 Å². The zero-order valence-electron chi connectivity index (χ0n) is 54.3. The first-order chi connectivity index (χ1) is 41.0. The Balaban J connectivity index is 4.13. The van der Waals surface area contributed by atoms with E-state index in [1.165, 1.54) is 96.3 Å². The van der Waals surface area contributed by atoms with Crippen LogP contribution in [0.15, 0.2) is 146 Å². The minimum absolute atomic E-state index is 0.0207. The average molecular weight is 1190 g/mol. The van der Waals surface area contributed by atoms with Crippen LogP contribution in [0.3, 0.4) is 0 Å². The van der Waals surface area contributed by atoms with Crippen molar-refractivity contribution < 1.29 is 42.1 Å². The highest BCUT2D eigenvalue weighted by Gasteiger charge is 2.27. The quantitative estimate of drug-likeness (QED) is 0.0211. The molecule has 0 aliphatic rings. The average Bonchev–Trinajstić information content (AvgIpc) is 3.61. The van der Waals surface area contributed by atoms with Crippen LogP contribution >= 0.6 is 7.82 Å². The molecule has 10 heteroatoms. The third-order valence-corrected chi connectivity index (χ3v) is 14.8. The summed E-state index contributed by atoms with van der Waals surface area (Å²) in [5.41, 5.74) is 0. The van der Waals surface area contributed by atoms with Crippen molar-refractivity contribution in [1.29, 1.82) is 0 Å². The first-order valence-electron chi connectivity index (χ1n) is 33.6. The molecule has 9 nitrogen and oxygen atoms in total. The van der Waals surface area contributed by atoms with Gasteiger partial charge in [0.05, 0.1) is 27.7 Å². The van der Waals surface area contributed by atoms with Gasteiger partial charge >= 0.3 is 19.8 Å². The van der Waals surface area contributed by atoms with Gasteiger partial charge in [-0.05, 0) is 116 Å². The standard InChI is InChI=1S/C74H124NO8P/c1-6-8-10-12-14-16-18-20-22-24-26-28-30-32-34-35-36-37-38-39-41-42-44-46-48-50-52-54-56-58-60-62-64-66-73(76)80-70-72(71-82-84(78,79)81-69-68-75(3,4)5)83-74(77)67-65-63-61-59-57-55-53-51-49-47-45-43-40-33-31-29-27-25-23-21-19-17-15-13-11-9-7-2/h8-11,14-17,20-23,26-29,32-34,40,45,47,51,53,72H,6-7,12-13,18-19,24-25,30-31,35-39,41-44,46,48-50,52,54-71H2,1-5H3/p+1/b10-8-,11-9-,16-14-,17-15-,22-20-,23-21-,28-26-,29-27-,34-32-,40-33-,47-45-,53-51-. The summed E-state index contributed by atoms with van der Waals surface area (Å²) < 4.78 is 34.7. The summed E-state index contributed by atoms with van der Waals surface area (Å²) in [7, 11) is 1.45. The predicted molar refractivity (Wildman–Crippen MR) is 362 cm³/mol. The first-order valence-corrected chi connectivity index (χ1v) is 35.1. The van der Waals surface area contributed by atoms with Gasteiger partial charge < -0.3 is 18.9 Å². The maximum atomic E-state index is 12.9. The highest BCUT2D eigenvalue weighted by atomic mass is 31.2. The molecule has 0 radical (unpaired) electrons. The number of carbonyl (C=O) groups excluding carboxylic acids is 2. The SMILES string of the molecule is CC/C=C\C/C=C\C/C=C\C/C=C\C/C=C\C/C=C\C/C=C\CCCCCCCC(=O)OC(COC(=O)CCCCCCCCCCCCCCCCCCC/C=C\C/C=C\C/C=C\C/C=C\C/C=C\CC)COP(=O)(O)OCC[N+](C)(C)C. The van der Waals surface area contributed by atoms with Crippen LogP contribution in [0.25, 0.3) is 0 Å². The molecule has 2 atom stereocenters. The van der Waals surface area contributed by atoms with Crippen LogP contribution in [-0.2, 0) is 32.7 Å². The first kappa shape index (κ1) is 79.9. The van der Waals surface area contributed by atoms with Gasteiger partial charge in [0.1, 0.15) is 19.8 Å². The zero-order chi connectivity index (χ0) is 61.2. The van der Waals surface area contributed by atoms with Crippen LogP contribution in [0, 0.1) is 0 Å². The maximum absolute atomic E-state index is 12.9. The molecule has 0 fully saturated rings. The van der Waals surface area contributed by atoms with Crippen molar-refractivity contribution in [2.75, 3.05) is 47.5 Å². The van der Waals surface area contributed by atoms with Crippen molar-refractivity contribution in [2.24, 2.45) is 0 Å². The number of quaternary nitrogens is 1. The molecule has 0 aromatic heterocycles. The Morgan fingerprint density at radius 1 is 0.369 bits per heavy atom. The number of hydrogen-bond donors (Lipinski definition) is 1. The summed E-state index contributed by atoms with van der Waals surface area (Å²) >= 11 is 0. The number of allylic oxidation sites excluding steroid dienone is 24. The number of rotatable bonds is 60. The topological polar surface area (TPSA) is 108 Å². The van der Waals surface area contributed by atoms with Gasteiger partial charge in [-0.25, -0.2) is 4.57 Å². The second-order valence-corrected chi connectivity index (χ2v) is 24.5. The van der Waals surface area contributed by atoms with Gasteiger partial charge in [-0.1, -0.05) is 275 Å². The molecule has 0 spiro atoms. The molecule has 1 N–H and O–H groups in total. The smallest absolute Gasteiger partial charge is 0.462 e. The summed E-state index contributed by atoms with van der Waals surface area (Å²) in [6.45, 7) is 4.18. The summed E-state index contributed by atoms with van der Waals surface area (Å²) in [6.07, 6.45) is 93.7. The summed E-state index contributed by atoms with van der Waals surface area (Å²) in [5.74, 6) is -0.823. The lowest BCUT2D eigenvalue weighted by Gasteiger charge is -2.24. The van der Waals surface area contributed by atoms with Crippen LogP contribution in [0.4, 0.5) is 0 Å². The third kappa shape index (κ3) is 67.0. The van der Waals surface area contributed by atoms with Crippen LogP contribution < -0.4 is 0 Å². The molecular formula is C74H125NO8P+. The zero-order valence-corrected chi connectivity index (χ0v) is 55.2. The van der Waals surface area contributed by atoms with Crippen LogP contribution in [0.5, 0.6) is 0 Å². The molecule has 2 unspecified atom stereocenters. The summed E-state index contributed by atoms with van der Waals surface area (Å²) in [5, 5.41) is 0. The molecule has 478 valence electrons. The Bertz CT molecular complexity index is 1930. The minimum atomic E-state index is -4.41. The highest BCUT2D eigenvalue weighted by Crippen LogP contribution is 2.43. The fourth-order valence-electron chi connectivity index (χ4n) is 8.79. The Labute approximate surface area is 516 Å². The van der Waals surface area contributed by atoms with Crippen molar-refractivity contribution in [3.63, 3.8) is 0 Å². The van der Waals surface area contributed by atoms with E-state index >= 15 is 0 Å². The molecule has 0 aromatic carbocycles. The molecule has 0 amide bonds. The van der Waals surface area contributed by atoms with E-state index in [0.29, 0.717) is 17.4 Å². The largest absolute Gasteiger partial charge is 0.472 e. The Morgan fingerprint density at radius 2 is 0.643 bits per heavy atom. The van der Waals surface area contributed by atoms with Crippen LogP contribution in [0.1, 0.15) is 258 Å². The number of esters is 2. The molecule has 84 heavy (non-hydrogen) atoms. The summed E-state index contributed by atoms with van der Waals surface area (Å²) in [6, 6.07) is 0. The number of phosphoric ester groups is 1.